The number of nitrogens with zero attached hydrogens (tertiary/aromatic N) is 4. The van der Waals surface area contributed by atoms with Gasteiger partial charge in [-0.05, 0) is 18.7 Å². The normalized spacial score (nSPS) is 11.6. The van der Waals surface area contributed by atoms with Crippen LogP contribution in [0.1, 0.15) is 23.4 Å². The Kier molecular flexibility index (Phi) is 4.26. The molecule has 0 atom stereocenters. The van der Waals surface area contributed by atoms with Gasteiger partial charge in [0.2, 0.25) is 11.0 Å². The van der Waals surface area contributed by atoms with Crippen molar-refractivity contribution in [3.05, 3.63) is 41.2 Å². The molecule has 0 fully saturated rings. The maximum atomic E-state index is 12.8. The first-order chi connectivity index (χ1) is 9.11. The summed E-state index contributed by atoms with van der Waals surface area (Å²) < 4.78 is 26.6. The molecule has 0 radical (unpaired) electrons. The van der Waals surface area contributed by atoms with E-state index < -0.39 is 12.2 Å². The van der Waals surface area contributed by atoms with Gasteiger partial charge in [0.1, 0.15) is 0 Å². The van der Waals surface area contributed by atoms with Gasteiger partial charge in [-0.2, -0.15) is 9.78 Å². The SMILES string of the molecule is CSc1nnc(C(F)F)n1/N=C/c1cccc(C)c1. The number of aryl methyl sites for hydroxylation is 1. The molecule has 0 amide bonds. The molecule has 0 spiro atoms. The van der Waals surface area contributed by atoms with Crippen LogP contribution < -0.4 is 0 Å². The van der Waals surface area contributed by atoms with Gasteiger partial charge in [-0.3, -0.25) is 0 Å². The second-order valence-electron chi connectivity index (χ2n) is 3.82. The van der Waals surface area contributed by atoms with Gasteiger partial charge >= 0.3 is 0 Å². The Bertz CT molecular complexity index is 595. The summed E-state index contributed by atoms with van der Waals surface area (Å²) in [5, 5.41) is 11.5. The minimum atomic E-state index is -2.71. The summed E-state index contributed by atoms with van der Waals surface area (Å²) in [5.74, 6) is -0.451. The van der Waals surface area contributed by atoms with Crippen molar-refractivity contribution in [1.29, 1.82) is 0 Å². The minimum absolute atomic E-state index is 0.333. The summed E-state index contributed by atoms with van der Waals surface area (Å²) in [6.45, 7) is 1.95. The van der Waals surface area contributed by atoms with Crippen LogP contribution in [0.5, 0.6) is 0 Å². The van der Waals surface area contributed by atoms with Gasteiger partial charge in [-0.15, -0.1) is 10.2 Å². The van der Waals surface area contributed by atoms with E-state index in [0.717, 1.165) is 15.8 Å². The van der Waals surface area contributed by atoms with Crippen molar-refractivity contribution in [2.24, 2.45) is 5.10 Å². The Labute approximate surface area is 113 Å². The lowest BCUT2D eigenvalue weighted by molar-refractivity contribution is 0.135. The first-order valence-electron chi connectivity index (χ1n) is 5.50. The van der Waals surface area contributed by atoms with Gasteiger partial charge < -0.3 is 0 Å². The molecule has 0 saturated carbocycles. The van der Waals surface area contributed by atoms with Crippen LogP contribution in [0.3, 0.4) is 0 Å². The van der Waals surface area contributed by atoms with E-state index in [0.29, 0.717) is 5.16 Å². The topological polar surface area (TPSA) is 43.1 Å². The lowest BCUT2D eigenvalue weighted by Crippen LogP contribution is -2.00. The Morgan fingerprint density at radius 3 is 2.79 bits per heavy atom. The van der Waals surface area contributed by atoms with Gasteiger partial charge in [0, 0.05) is 0 Å². The van der Waals surface area contributed by atoms with Gasteiger partial charge in [-0.25, -0.2) is 8.78 Å². The van der Waals surface area contributed by atoms with E-state index >= 15 is 0 Å². The summed E-state index contributed by atoms with van der Waals surface area (Å²) in [6, 6.07) is 7.59. The van der Waals surface area contributed by atoms with E-state index in [9.17, 15) is 8.78 Å². The molecule has 0 aliphatic rings. The lowest BCUT2D eigenvalue weighted by atomic mass is 10.2. The number of rotatable bonds is 4. The standard InChI is InChI=1S/C12H12F2N4S/c1-8-4-3-5-9(6-8)7-15-18-11(10(13)14)16-17-12(18)19-2/h3-7,10H,1-2H3/b15-7+. The second-order valence-corrected chi connectivity index (χ2v) is 4.59. The highest BCUT2D eigenvalue weighted by Gasteiger charge is 2.19. The van der Waals surface area contributed by atoms with Crippen molar-refractivity contribution in [3.63, 3.8) is 0 Å². The molecule has 2 rings (SSSR count). The highest BCUT2D eigenvalue weighted by atomic mass is 32.2. The average molecular weight is 282 g/mol. The van der Waals surface area contributed by atoms with Crippen molar-refractivity contribution >= 4 is 18.0 Å². The minimum Gasteiger partial charge on any atom is -0.201 e. The molecule has 1 aromatic heterocycles. The van der Waals surface area contributed by atoms with E-state index in [1.807, 2.05) is 31.2 Å². The fourth-order valence-electron chi connectivity index (χ4n) is 1.52. The van der Waals surface area contributed by atoms with Crippen molar-refractivity contribution in [2.45, 2.75) is 18.5 Å². The molecule has 0 N–H and O–H groups in total. The third-order valence-electron chi connectivity index (χ3n) is 2.38. The maximum absolute atomic E-state index is 12.8. The third kappa shape index (κ3) is 3.17. The van der Waals surface area contributed by atoms with Crippen LogP contribution in [0.15, 0.2) is 34.5 Å². The number of hydrogen-bond donors (Lipinski definition) is 0. The smallest absolute Gasteiger partial charge is 0.201 e. The summed E-state index contributed by atoms with van der Waals surface area (Å²) >= 11 is 1.21. The molecule has 0 unspecified atom stereocenters. The maximum Gasteiger partial charge on any atom is 0.299 e. The second kappa shape index (κ2) is 5.92. The van der Waals surface area contributed by atoms with Crippen molar-refractivity contribution in [1.82, 2.24) is 14.9 Å². The van der Waals surface area contributed by atoms with Crippen molar-refractivity contribution < 1.29 is 8.78 Å². The molecule has 2 aromatic rings. The molecular formula is C12H12F2N4S. The number of aromatic nitrogens is 3. The van der Waals surface area contributed by atoms with Crippen molar-refractivity contribution in [2.75, 3.05) is 6.26 Å². The van der Waals surface area contributed by atoms with Gasteiger partial charge in [0.05, 0.1) is 6.21 Å². The molecule has 0 aliphatic heterocycles. The molecule has 4 nitrogen and oxygen atoms in total. The van der Waals surface area contributed by atoms with Crippen LogP contribution in [0.4, 0.5) is 8.78 Å². The highest BCUT2D eigenvalue weighted by Crippen LogP contribution is 2.21. The largest absolute Gasteiger partial charge is 0.299 e. The monoisotopic (exact) mass is 282 g/mol. The third-order valence-corrected chi connectivity index (χ3v) is 3.00. The van der Waals surface area contributed by atoms with Crippen molar-refractivity contribution in [3.8, 4) is 0 Å². The zero-order valence-corrected chi connectivity index (χ0v) is 11.2. The Morgan fingerprint density at radius 2 is 2.16 bits per heavy atom. The van der Waals surface area contributed by atoms with E-state index in [1.54, 1.807) is 6.26 Å². The molecular weight excluding hydrogens is 270 g/mol. The van der Waals surface area contributed by atoms with E-state index in [4.69, 9.17) is 0 Å². The number of hydrogen-bond acceptors (Lipinski definition) is 4. The van der Waals surface area contributed by atoms with E-state index in [1.165, 1.54) is 18.0 Å². The van der Waals surface area contributed by atoms with Gasteiger partial charge in [0.25, 0.3) is 6.43 Å². The molecule has 0 bridgehead atoms. The number of halogens is 2. The first kappa shape index (κ1) is 13.7. The molecule has 1 heterocycles. The van der Waals surface area contributed by atoms with Crippen LogP contribution >= 0.6 is 11.8 Å². The first-order valence-corrected chi connectivity index (χ1v) is 6.72. The fraction of sp³-hybridized carbons (Fsp3) is 0.250. The zero-order chi connectivity index (χ0) is 13.8. The number of thioether (sulfide) groups is 1. The van der Waals surface area contributed by atoms with Crippen LogP contribution in [0, 0.1) is 6.92 Å². The van der Waals surface area contributed by atoms with E-state index in [2.05, 4.69) is 15.3 Å². The van der Waals surface area contributed by atoms with Crippen LogP contribution in [0.25, 0.3) is 0 Å². The predicted octanol–water partition coefficient (Wildman–Crippen LogP) is 3.13. The predicted molar refractivity (Wildman–Crippen MR) is 70.9 cm³/mol. The molecule has 0 saturated heterocycles. The lowest BCUT2D eigenvalue weighted by Gasteiger charge is -2.01. The quantitative estimate of drug-likeness (QED) is 0.639. The Balaban J connectivity index is 2.34. The summed E-state index contributed by atoms with van der Waals surface area (Å²) in [4.78, 5) is 0. The molecule has 1 aromatic carbocycles. The Morgan fingerprint density at radius 1 is 1.37 bits per heavy atom. The Hall–Kier alpha value is -1.76. The molecule has 0 aliphatic carbocycles. The summed E-state index contributed by atoms with van der Waals surface area (Å²) in [5.41, 5.74) is 1.91. The summed E-state index contributed by atoms with van der Waals surface area (Å²) in [7, 11) is 0. The van der Waals surface area contributed by atoms with E-state index in [-0.39, 0.29) is 0 Å². The molecule has 19 heavy (non-hydrogen) atoms. The summed E-state index contributed by atoms with van der Waals surface area (Å²) in [6.07, 6.45) is 0.544. The molecule has 7 heteroatoms. The zero-order valence-electron chi connectivity index (χ0n) is 10.4. The van der Waals surface area contributed by atoms with Crippen LogP contribution in [0.2, 0.25) is 0 Å². The average Bonchev–Trinajstić information content (AvgIpc) is 2.79. The fourth-order valence-corrected chi connectivity index (χ4v) is 1.96. The van der Waals surface area contributed by atoms with Crippen LogP contribution in [-0.4, -0.2) is 27.3 Å². The highest BCUT2D eigenvalue weighted by molar-refractivity contribution is 7.98. The van der Waals surface area contributed by atoms with Gasteiger partial charge in [-0.1, -0.05) is 41.6 Å². The van der Waals surface area contributed by atoms with Crippen LogP contribution in [-0.2, 0) is 0 Å². The number of alkyl halides is 2. The molecule has 100 valence electrons. The van der Waals surface area contributed by atoms with Gasteiger partial charge in [0.15, 0.2) is 0 Å². The number of benzene rings is 1.